The first-order chi connectivity index (χ1) is 8.79. The highest BCUT2D eigenvalue weighted by atomic mass is 79.9. The second-order valence-electron chi connectivity index (χ2n) is 5.66. The Morgan fingerprint density at radius 2 is 2.00 bits per heavy atom. The number of nitrogens with one attached hydrogen (secondary N) is 1. The van der Waals surface area contributed by atoms with Crippen LogP contribution in [0.25, 0.3) is 0 Å². The SMILES string of the molecule is Brc1ccccc1C1CNCC2(CCCC2)CO1. The first-order valence-electron chi connectivity index (χ1n) is 6.86. The van der Waals surface area contributed by atoms with Crippen molar-refractivity contribution in [1.82, 2.24) is 5.32 Å². The van der Waals surface area contributed by atoms with E-state index in [0.29, 0.717) is 5.41 Å². The normalized spacial score (nSPS) is 27.3. The van der Waals surface area contributed by atoms with Crippen LogP contribution in [0.5, 0.6) is 0 Å². The average Bonchev–Trinajstić information content (AvgIpc) is 2.73. The number of rotatable bonds is 1. The minimum absolute atomic E-state index is 0.181. The second kappa shape index (κ2) is 5.32. The molecule has 2 nitrogen and oxygen atoms in total. The van der Waals surface area contributed by atoms with E-state index in [1.165, 1.54) is 31.2 Å². The minimum Gasteiger partial charge on any atom is -0.372 e. The quantitative estimate of drug-likeness (QED) is 0.854. The predicted octanol–water partition coefficient (Wildman–Crippen LogP) is 3.67. The van der Waals surface area contributed by atoms with Gasteiger partial charge in [-0.25, -0.2) is 0 Å². The lowest BCUT2D eigenvalue weighted by molar-refractivity contribution is 0.0155. The van der Waals surface area contributed by atoms with Gasteiger partial charge in [-0.05, 0) is 24.5 Å². The van der Waals surface area contributed by atoms with E-state index in [9.17, 15) is 0 Å². The lowest BCUT2D eigenvalue weighted by Gasteiger charge is -2.26. The summed E-state index contributed by atoms with van der Waals surface area (Å²) in [6, 6.07) is 8.38. The molecule has 0 bridgehead atoms. The number of benzene rings is 1. The Hall–Kier alpha value is -0.380. The van der Waals surface area contributed by atoms with Crippen LogP contribution in [-0.4, -0.2) is 19.7 Å². The first-order valence-corrected chi connectivity index (χ1v) is 7.65. The molecule has 1 aromatic carbocycles. The second-order valence-corrected chi connectivity index (χ2v) is 6.51. The zero-order valence-corrected chi connectivity index (χ0v) is 12.2. The van der Waals surface area contributed by atoms with Gasteiger partial charge in [0.2, 0.25) is 0 Å². The van der Waals surface area contributed by atoms with Crippen LogP contribution in [0, 0.1) is 5.41 Å². The Morgan fingerprint density at radius 1 is 1.22 bits per heavy atom. The van der Waals surface area contributed by atoms with Crippen molar-refractivity contribution < 1.29 is 4.74 Å². The van der Waals surface area contributed by atoms with Crippen molar-refractivity contribution in [3.05, 3.63) is 34.3 Å². The molecule has 0 amide bonds. The van der Waals surface area contributed by atoms with E-state index in [4.69, 9.17) is 4.74 Å². The number of hydrogen-bond acceptors (Lipinski definition) is 2. The van der Waals surface area contributed by atoms with Gasteiger partial charge in [-0.1, -0.05) is 47.0 Å². The van der Waals surface area contributed by atoms with Gasteiger partial charge < -0.3 is 10.1 Å². The maximum absolute atomic E-state index is 6.22. The molecule has 98 valence electrons. The molecule has 18 heavy (non-hydrogen) atoms. The molecule has 1 N–H and O–H groups in total. The van der Waals surface area contributed by atoms with Gasteiger partial charge in [0.15, 0.2) is 0 Å². The molecular weight excluding hydrogens is 290 g/mol. The minimum atomic E-state index is 0.181. The van der Waals surface area contributed by atoms with Crippen molar-refractivity contribution >= 4 is 15.9 Å². The van der Waals surface area contributed by atoms with Crippen molar-refractivity contribution in [2.75, 3.05) is 19.7 Å². The van der Waals surface area contributed by atoms with Crippen LogP contribution in [0.4, 0.5) is 0 Å². The maximum atomic E-state index is 6.22. The highest BCUT2D eigenvalue weighted by molar-refractivity contribution is 9.10. The summed E-state index contributed by atoms with van der Waals surface area (Å²) in [6.45, 7) is 2.95. The standard InChI is InChI=1S/C15H20BrNO/c16-13-6-2-1-5-12(13)14-9-17-10-15(11-18-14)7-3-4-8-15/h1-2,5-6,14,17H,3-4,7-11H2. The van der Waals surface area contributed by atoms with Crippen molar-refractivity contribution in [2.24, 2.45) is 5.41 Å². The van der Waals surface area contributed by atoms with Crippen LogP contribution in [-0.2, 0) is 4.74 Å². The molecule has 1 aromatic rings. The molecule has 1 aliphatic carbocycles. The van der Waals surface area contributed by atoms with Crippen LogP contribution >= 0.6 is 15.9 Å². The summed E-state index contributed by atoms with van der Waals surface area (Å²) in [5.74, 6) is 0. The Balaban J connectivity index is 1.74. The zero-order valence-electron chi connectivity index (χ0n) is 10.6. The van der Waals surface area contributed by atoms with E-state index >= 15 is 0 Å². The fourth-order valence-corrected chi connectivity index (χ4v) is 3.78. The van der Waals surface area contributed by atoms with Crippen molar-refractivity contribution in [3.63, 3.8) is 0 Å². The van der Waals surface area contributed by atoms with Crippen LogP contribution in [0.2, 0.25) is 0 Å². The Morgan fingerprint density at radius 3 is 2.78 bits per heavy atom. The number of hydrogen-bond donors (Lipinski definition) is 1. The molecule has 0 radical (unpaired) electrons. The van der Waals surface area contributed by atoms with E-state index in [-0.39, 0.29) is 6.10 Å². The summed E-state index contributed by atoms with van der Waals surface area (Å²) < 4.78 is 7.37. The van der Waals surface area contributed by atoms with Crippen molar-refractivity contribution in [2.45, 2.75) is 31.8 Å². The number of halogens is 1. The highest BCUT2D eigenvalue weighted by Crippen LogP contribution is 2.40. The molecule has 1 spiro atoms. The monoisotopic (exact) mass is 309 g/mol. The lowest BCUT2D eigenvalue weighted by atomic mass is 9.87. The van der Waals surface area contributed by atoms with Gasteiger partial charge in [0, 0.05) is 23.0 Å². The van der Waals surface area contributed by atoms with Gasteiger partial charge >= 0.3 is 0 Å². The van der Waals surface area contributed by atoms with Crippen LogP contribution < -0.4 is 5.32 Å². The van der Waals surface area contributed by atoms with E-state index in [1.807, 2.05) is 0 Å². The van der Waals surface area contributed by atoms with Gasteiger partial charge in [-0.2, -0.15) is 0 Å². The fourth-order valence-electron chi connectivity index (χ4n) is 3.24. The molecule has 1 atom stereocenters. The zero-order chi connectivity index (χ0) is 12.4. The molecule has 1 saturated carbocycles. The summed E-state index contributed by atoms with van der Waals surface area (Å²) in [7, 11) is 0. The summed E-state index contributed by atoms with van der Waals surface area (Å²) in [5.41, 5.74) is 1.68. The molecule has 1 unspecified atom stereocenters. The smallest absolute Gasteiger partial charge is 0.0960 e. The molecule has 1 aliphatic heterocycles. The van der Waals surface area contributed by atoms with E-state index in [2.05, 4.69) is 45.5 Å². The molecule has 2 fully saturated rings. The number of ether oxygens (including phenoxy) is 1. The summed E-state index contributed by atoms with van der Waals surface area (Å²) in [6.07, 6.45) is 5.56. The van der Waals surface area contributed by atoms with Gasteiger partial charge in [-0.3, -0.25) is 0 Å². The largest absolute Gasteiger partial charge is 0.372 e. The molecule has 1 heterocycles. The van der Waals surface area contributed by atoms with Crippen molar-refractivity contribution in [1.29, 1.82) is 0 Å². The van der Waals surface area contributed by atoms with Gasteiger partial charge in [0.25, 0.3) is 0 Å². The average molecular weight is 310 g/mol. The maximum Gasteiger partial charge on any atom is 0.0960 e. The summed E-state index contributed by atoms with van der Waals surface area (Å²) in [5, 5.41) is 3.61. The topological polar surface area (TPSA) is 21.3 Å². The van der Waals surface area contributed by atoms with Gasteiger partial charge in [0.1, 0.15) is 0 Å². The predicted molar refractivity (Wildman–Crippen MR) is 76.6 cm³/mol. The molecule has 2 aliphatic rings. The van der Waals surface area contributed by atoms with Crippen LogP contribution in [0.15, 0.2) is 28.7 Å². The molecule has 0 aromatic heterocycles. The molecule has 3 heteroatoms. The first kappa shape index (κ1) is 12.6. The van der Waals surface area contributed by atoms with Gasteiger partial charge in [-0.15, -0.1) is 0 Å². The summed E-state index contributed by atoms with van der Waals surface area (Å²) in [4.78, 5) is 0. The third kappa shape index (κ3) is 2.49. The van der Waals surface area contributed by atoms with E-state index < -0.39 is 0 Å². The van der Waals surface area contributed by atoms with Gasteiger partial charge in [0.05, 0.1) is 12.7 Å². The van der Waals surface area contributed by atoms with Crippen LogP contribution in [0.1, 0.15) is 37.4 Å². The van der Waals surface area contributed by atoms with E-state index in [0.717, 1.165) is 24.2 Å². The molecule has 3 rings (SSSR count). The molecular formula is C15H20BrNO. The van der Waals surface area contributed by atoms with Crippen molar-refractivity contribution in [3.8, 4) is 0 Å². The highest BCUT2D eigenvalue weighted by Gasteiger charge is 2.36. The fraction of sp³-hybridized carbons (Fsp3) is 0.600. The molecule has 1 saturated heterocycles. The Bertz CT molecular complexity index is 415. The van der Waals surface area contributed by atoms with Crippen LogP contribution in [0.3, 0.4) is 0 Å². The Labute approximate surface area is 117 Å². The Kier molecular flexibility index (Phi) is 3.73. The third-order valence-electron chi connectivity index (χ3n) is 4.34. The third-order valence-corrected chi connectivity index (χ3v) is 5.06. The lowest BCUT2D eigenvalue weighted by Crippen LogP contribution is -2.32. The van der Waals surface area contributed by atoms with E-state index in [1.54, 1.807) is 0 Å². The summed E-state index contributed by atoms with van der Waals surface area (Å²) >= 11 is 3.62.